The molecule has 2 atom stereocenters. The molecule has 3 nitrogen and oxygen atoms in total. The fourth-order valence-corrected chi connectivity index (χ4v) is 3.39. The molecule has 1 aliphatic rings. The predicted octanol–water partition coefficient (Wildman–Crippen LogP) is 3.18. The standard InChI is InChI=1S/C19H21ClN2O/c1-13-10-14-6-2-3-8-16(14)12-22(13)19(23)18(21)11-15-7-4-5-9-17(15)20/h2-9,13,18H,10-12,21H2,1H3. The van der Waals surface area contributed by atoms with Crippen molar-refractivity contribution in [2.75, 3.05) is 0 Å². The molecule has 0 fully saturated rings. The number of hydrogen-bond donors (Lipinski definition) is 1. The molecule has 0 aliphatic carbocycles. The molecule has 0 spiro atoms. The van der Waals surface area contributed by atoms with Crippen LogP contribution in [0.15, 0.2) is 48.5 Å². The summed E-state index contributed by atoms with van der Waals surface area (Å²) in [5.74, 6) is -0.00748. The minimum atomic E-state index is -0.567. The van der Waals surface area contributed by atoms with E-state index in [1.54, 1.807) is 0 Å². The summed E-state index contributed by atoms with van der Waals surface area (Å²) in [7, 11) is 0. The molecule has 1 aliphatic heterocycles. The van der Waals surface area contributed by atoms with Gasteiger partial charge in [-0.2, -0.15) is 0 Å². The lowest BCUT2D eigenvalue weighted by atomic mass is 9.93. The minimum Gasteiger partial charge on any atom is -0.334 e. The Morgan fingerprint density at radius 2 is 1.87 bits per heavy atom. The van der Waals surface area contributed by atoms with E-state index in [2.05, 4.69) is 19.1 Å². The van der Waals surface area contributed by atoms with Crippen molar-refractivity contribution in [2.24, 2.45) is 5.73 Å². The fraction of sp³-hybridized carbons (Fsp3) is 0.316. The van der Waals surface area contributed by atoms with Crippen LogP contribution in [-0.2, 0) is 24.2 Å². The molecular weight excluding hydrogens is 308 g/mol. The quantitative estimate of drug-likeness (QED) is 0.940. The van der Waals surface area contributed by atoms with Gasteiger partial charge < -0.3 is 10.6 Å². The summed E-state index contributed by atoms with van der Waals surface area (Å²) >= 11 is 6.17. The van der Waals surface area contributed by atoms with Gasteiger partial charge in [0.25, 0.3) is 0 Å². The molecule has 0 aromatic heterocycles. The van der Waals surface area contributed by atoms with E-state index in [4.69, 9.17) is 17.3 Å². The van der Waals surface area contributed by atoms with Crippen LogP contribution in [0, 0.1) is 0 Å². The molecular formula is C19H21ClN2O. The maximum absolute atomic E-state index is 12.8. The molecule has 4 heteroatoms. The Balaban J connectivity index is 1.74. The smallest absolute Gasteiger partial charge is 0.240 e. The summed E-state index contributed by atoms with van der Waals surface area (Å²) < 4.78 is 0. The normalized spacial score (nSPS) is 18.4. The fourth-order valence-electron chi connectivity index (χ4n) is 3.17. The van der Waals surface area contributed by atoms with Crippen LogP contribution in [0.1, 0.15) is 23.6 Å². The average molecular weight is 329 g/mol. The van der Waals surface area contributed by atoms with E-state index in [1.807, 2.05) is 41.3 Å². The summed E-state index contributed by atoms with van der Waals surface area (Å²) in [6.45, 7) is 2.71. The number of halogens is 1. The minimum absolute atomic E-state index is 0.00748. The van der Waals surface area contributed by atoms with Gasteiger partial charge in [-0.15, -0.1) is 0 Å². The third-order valence-electron chi connectivity index (χ3n) is 4.50. The second-order valence-electron chi connectivity index (χ2n) is 6.19. The lowest BCUT2D eigenvalue weighted by Crippen LogP contribution is -2.50. The highest BCUT2D eigenvalue weighted by atomic mass is 35.5. The number of fused-ring (bicyclic) bond motifs is 1. The van der Waals surface area contributed by atoms with Crippen molar-refractivity contribution in [1.29, 1.82) is 0 Å². The highest BCUT2D eigenvalue weighted by molar-refractivity contribution is 6.31. The van der Waals surface area contributed by atoms with Gasteiger partial charge in [-0.3, -0.25) is 4.79 Å². The predicted molar refractivity (Wildman–Crippen MR) is 93.3 cm³/mol. The Morgan fingerprint density at radius 3 is 2.61 bits per heavy atom. The first-order chi connectivity index (χ1) is 11.1. The number of amides is 1. The monoisotopic (exact) mass is 328 g/mol. The molecule has 2 aromatic rings. The van der Waals surface area contributed by atoms with Crippen molar-refractivity contribution < 1.29 is 4.79 Å². The topological polar surface area (TPSA) is 46.3 Å². The summed E-state index contributed by atoms with van der Waals surface area (Å²) in [4.78, 5) is 14.7. The molecule has 2 aromatic carbocycles. The number of nitrogens with two attached hydrogens (primary N) is 1. The van der Waals surface area contributed by atoms with E-state index in [0.29, 0.717) is 18.0 Å². The van der Waals surface area contributed by atoms with Crippen LogP contribution in [-0.4, -0.2) is 22.9 Å². The van der Waals surface area contributed by atoms with Gasteiger partial charge >= 0.3 is 0 Å². The Morgan fingerprint density at radius 1 is 1.22 bits per heavy atom. The molecule has 0 saturated heterocycles. The number of rotatable bonds is 3. The van der Waals surface area contributed by atoms with Crippen molar-refractivity contribution in [2.45, 2.75) is 38.4 Å². The van der Waals surface area contributed by atoms with Crippen LogP contribution < -0.4 is 5.73 Å². The SMILES string of the molecule is CC1Cc2ccccc2CN1C(=O)C(N)Cc1ccccc1Cl. The van der Waals surface area contributed by atoms with Crippen molar-refractivity contribution in [3.8, 4) is 0 Å². The Hall–Kier alpha value is -1.84. The number of nitrogens with zero attached hydrogens (tertiary/aromatic N) is 1. The first-order valence-electron chi connectivity index (χ1n) is 7.92. The molecule has 1 amide bonds. The molecule has 1 heterocycles. The highest BCUT2D eigenvalue weighted by Gasteiger charge is 2.29. The molecule has 0 saturated carbocycles. The third-order valence-corrected chi connectivity index (χ3v) is 4.87. The van der Waals surface area contributed by atoms with E-state index >= 15 is 0 Å². The molecule has 3 rings (SSSR count). The second kappa shape index (κ2) is 6.73. The van der Waals surface area contributed by atoms with Gasteiger partial charge in [-0.25, -0.2) is 0 Å². The maximum Gasteiger partial charge on any atom is 0.240 e. The van der Waals surface area contributed by atoms with Gasteiger partial charge in [0.05, 0.1) is 6.04 Å². The molecule has 0 radical (unpaired) electrons. The van der Waals surface area contributed by atoms with Gasteiger partial charge in [0.15, 0.2) is 0 Å². The zero-order valence-corrected chi connectivity index (χ0v) is 14.0. The van der Waals surface area contributed by atoms with Crippen LogP contribution >= 0.6 is 11.6 Å². The van der Waals surface area contributed by atoms with Crippen LogP contribution in [0.3, 0.4) is 0 Å². The molecule has 0 bridgehead atoms. The summed E-state index contributed by atoms with van der Waals surface area (Å²) in [5.41, 5.74) is 9.63. The number of carbonyl (C=O) groups excluding carboxylic acids is 1. The lowest BCUT2D eigenvalue weighted by molar-refractivity contribution is -0.135. The largest absolute Gasteiger partial charge is 0.334 e. The van der Waals surface area contributed by atoms with E-state index in [9.17, 15) is 4.79 Å². The summed E-state index contributed by atoms with van der Waals surface area (Å²) in [6, 6.07) is 15.4. The van der Waals surface area contributed by atoms with Crippen LogP contribution in [0.2, 0.25) is 5.02 Å². The van der Waals surface area contributed by atoms with Gasteiger partial charge in [0.2, 0.25) is 5.91 Å². The lowest BCUT2D eigenvalue weighted by Gasteiger charge is -2.36. The Bertz CT molecular complexity index is 716. The van der Waals surface area contributed by atoms with Crippen molar-refractivity contribution in [1.82, 2.24) is 4.90 Å². The maximum atomic E-state index is 12.8. The first kappa shape index (κ1) is 16.0. The van der Waals surface area contributed by atoms with Crippen LogP contribution in [0.5, 0.6) is 0 Å². The molecule has 23 heavy (non-hydrogen) atoms. The van der Waals surface area contributed by atoms with E-state index in [-0.39, 0.29) is 11.9 Å². The first-order valence-corrected chi connectivity index (χ1v) is 8.30. The zero-order valence-electron chi connectivity index (χ0n) is 13.2. The molecule has 2 unspecified atom stereocenters. The van der Waals surface area contributed by atoms with Crippen molar-refractivity contribution in [3.05, 3.63) is 70.2 Å². The van der Waals surface area contributed by atoms with Crippen molar-refractivity contribution in [3.63, 3.8) is 0 Å². The van der Waals surface area contributed by atoms with E-state index in [1.165, 1.54) is 11.1 Å². The average Bonchev–Trinajstić information content (AvgIpc) is 2.55. The number of benzene rings is 2. The Kier molecular flexibility index (Phi) is 4.69. The van der Waals surface area contributed by atoms with Crippen molar-refractivity contribution >= 4 is 17.5 Å². The summed E-state index contributed by atoms with van der Waals surface area (Å²) in [6.07, 6.45) is 1.34. The number of carbonyl (C=O) groups is 1. The highest BCUT2D eigenvalue weighted by Crippen LogP contribution is 2.24. The number of hydrogen-bond acceptors (Lipinski definition) is 2. The van der Waals surface area contributed by atoms with E-state index < -0.39 is 6.04 Å². The summed E-state index contributed by atoms with van der Waals surface area (Å²) in [5, 5.41) is 0.660. The van der Waals surface area contributed by atoms with Crippen LogP contribution in [0.25, 0.3) is 0 Å². The zero-order chi connectivity index (χ0) is 16.4. The van der Waals surface area contributed by atoms with Crippen LogP contribution in [0.4, 0.5) is 0 Å². The third kappa shape index (κ3) is 3.41. The Labute approximate surface area is 142 Å². The van der Waals surface area contributed by atoms with Gasteiger partial charge in [-0.05, 0) is 42.5 Å². The molecule has 2 N–H and O–H groups in total. The van der Waals surface area contributed by atoms with E-state index in [0.717, 1.165) is 12.0 Å². The van der Waals surface area contributed by atoms with Gasteiger partial charge in [0.1, 0.15) is 0 Å². The molecule has 120 valence electrons. The second-order valence-corrected chi connectivity index (χ2v) is 6.60. The van der Waals surface area contributed by atoms with Gasteiger partial charge in [-0.1, -0.05) is 54.1 Å². The van der Waals surface area contributed by atoms with Gasteiger partial charge in [0, 0.05) is 17.6 Å².